The average molecular weight is 513 g/mol. The predicted octanol–water partition coefficient (Wildman–Crippen LogP) is 4.22. The molecule has 0 aliphatic rings. The molecule has 160 valence electrons. The third-order valence-corrected chi connectivity index (χ3v) is 4.07. The maximum absolute atomic E-state index is 5.79. The second-order valence-electron chi connectivity index (χ2n) is 6.82. The zero-order valence-corrected chi connectivity index (χ0v) is 20.2. The Morgan fingerprint density at radius 1 is 0.931 bits per heavy atom. The number of ether oxygens (including phenoxy) is 3. The highest BCUT2D eigenvalue weighted by Crippen LogP contribution is 2.27. The molecule has 0 aliphatic carbocycles. The van der Waals surface area contributed by atoms with Gasteiger partial charge in [-0.2, -0.15) is 0 Å². The third-order valence-electron chi connectivity index (χ3n) is 4.07. The molecule has 0 bridgehead atoms. The molecule has 0 saturated heterocycles. The quantitative estimate of drug-likeness (QED) is 0.299. The van der Waals surface area contributed by atoms with Crippen molar-refractivity contribution < 1.29 is 14.2 Å². The van der Waals surface area contributed by atoms with E-state index in [9.17, 15) is 0 Å². The number of aliphatic imine (C=N–C) groups is 1. The molecular formula is C22H32IN3O3. The van der Waals surface area contributed by atoms with Crippen LogP contribution in [-0.4, -0.2) is 33.8 Å². The van der Waals surface area contributed by atoms with Crippen molar-refractivity contribution in [2.75, 3.05) is 27.9 Å². The zero-order valence-electron chi connectivity index (χ0n) is 17.8. The van der Waals surface area contributed by atoms with E-state index in [0.717, 1.165) is 22.8 Å². The summed E-state index contributed by atoms with van der Waals surface area (Å²) in [7, 11) is 5.02. The number of methoxy groups -OCH3 is 2. The molecule has 0 unspecified atom stereocenters. The van der Waals surface area contributed by atoms with Gasteiger partial charge in [0.05, 0.1) is 20.8 Å². The van der Waals surface area contributed by atoms with Crippen LogP contribution in [0.5, 0.6) is 17.2 Å². The van der Waals surface area contributed by atoms with E-state index in [1.165, 1.54) is 0 Å². The topological polar surface area (TPSA) is 64.1 Å². The van der Waals surface area contributed by atoms with Gasteiger partial charge in [0, 0.05) is 20.1 Å². The van der Waals surface area contributed by atoms with Crippen molar-refractivity contribution in [1.29, 1.82) is 0 Å². The molecule has 2 aromatic rings. The van der Waals surface area contributed by atoms with Crippen LogP contribution in [0.4, 0.5) is 0 Å². The Labute approximate surface area is 191 Å². The molecule has 2 rings (SSSR count). The lowest BCUT2D eigenvalue weighted by Gasteiger charge is -2.14. The van der Waals surface area contributed by atoms with Gasteiger partial charge in [0.15, 0.2) is 17.5 Å². The molecule has 0 aromatic heterocycles. The lowest BCUT2D eigenvalue weighted by molar-refractivity contribution is 0.271. The highest BCUT2D eigenvalue weighted by atomic mass is 127. The molecule has 29 heavy (non-hydrogen) atoms. The lowest BCUT2D eigenvalue weighted by Crippen LogP contribution is -2.36. The second kappa shape index (κ2) is 13.1. The van der Waals surface area contributed by atoms with E-state index in [4.69, 9.17) is 14.2 Å². The van der Waals surface area contributed by atoms with Crippen LogP contribution >= 0.6 is 24.0 Å². The molecule has 0 heterocycles. The number of benzene rings is 2. The van der Waals surface area contributed by atoms with Crippen molar-refractivity contribution in [1.82, 2.24) is 10.6 Å². The zero-order chi connectivity index (χ0) is 20.4. The Morgan fingerprint density at radius 3 is 2.17 bits per heavy atom. The van der Waals surface area contributed by atoms with Crippen molar-refractivity contribution in [2.45, 2.75) is 26.9 Å². The van der Waals surface area contributed by atoms with Crippen LogP contribution < -0.4 is 24.8 Å². The van der Waals surface area contributed by atoms with Gasteiger partial charge in [-0.25, -0.2) is 0 Å². The van der Waals surface area contributed by atoms with Gasteiger partial charge >= 0.3 is 0 Å². The number of hydrogen-bond donors (Lipinski definition) is 2. The van der Waals surface area contributed by atoms with Gasteiger partial charge in [0.25, 0.3) is 0 Å². The van der Waals surface area contributed by atoms with Gasteiger partial charge in [0.1, 0.15) is 5.75 Å². The first-order valence-electron chi connectivity index (χ1n) is 9.42. The Balaban J connectivity index is 0.00000420. The summed E-state index contributed by atoms with van der Waals surface area (Å²) in [6.07, 6.45) is 0. The first-order chi connectivity index (χ1) is 13.5. The standard InChI is InChI=1S/C22H31N3O3.HI/c1-16(2)15-28-19-8-6-7-17(11-19)13-24-22(23-3)25-14-18-9-10-20(26-4)21(12-18)27-5;/h6-12,16H,13-15H2,1-5H3,(H2,23,24,25);1H. The maximum Gasteiger partial charge on any atom is 0.191 e. The Morgan fingerprint density at radius 2 is 1.59 bits per heavy atom. The second-order valence-corrected chi connectivity index (χ2v) is 6.82. The molecule has 0 saturated carbocycles. The minimum atomic E-state index is 0. The Hall–Kier alpha value is -2.16. The van der Waals surface area contributed by atoms with E-state index in [1.54, 1.807) is 21.3 Å². The van der Waals surface area contributed by atoms with Gasteiger partial charge in [-0.3, -0.25) is 4.99 Å². The number of guanidine groups is 1. The molecule has 0 fully saturated rings. The van der Waals surface area contributed by atoms with E-state index in [1.807, 2.05) is 30.3 Å². The van der Waals surface area contributed by atoms with Crippen LogP contribution in [0.1, 0.15) is 25.0 Å². The summed E-state index contributed by atoms with van der Waals surface area (Å²) in [6, 6.07) is 14.0. The molecule has 0 radical (unpaired) electrons. The summed E-state index contributed by atoms with van der Waals surface area (Å²) in [5, 5.41) is 6.64. The van der Waals surface area contributed by atoms with Crippen LogP contribution in [0.15, 0.2) is 47.5 Å². The number of nitrogens with one attached hydrogen (secondary N) is 2. The lowest BCUT2D eigenvalue weighted by atomic mass is 10.2. The van der Waals surface area contributed by atoms with Gasteiger partial charge in [0.2, 0.25) is 0 Å². The minimum absolute atomic E-state index is 0. The smallest absolute Gasteiger partial charge is 0.191 e. The third kappa shape index (κ3) is 8.39. The van der Waals surface area contributed by atoms with Gasteiger partial charge in [-0.1, -0.05) is 32.0 Å². The van der Waals surface area contributed by atoms with Crippen LogP contribution in [0.3, 0.4) is 0 Å². The predicted molar refractivity (Wildman–Crippen MR) is 129 cm³/mol. The largest absolute Gasteiger partial charge is 0.493 e. The Kier molecular flexibility index (Phi) is 11.3. The molecular weight excluding hydrogens is 481 g/mol. The summed E-state index contributed by atoms with van der Waals surface area (Å²) in [5.74, 6) is 3.54. The maximum atomic E-state index is 5.79. The summed E-state index contributed by atoms with van der Waals surface area (Å²) in [4.78, 5) is 4.28. The van der Waals surface area contributed by atoms with Crippen LogP contribution in [-0.2, 0) is 13.1 Å². The Bertz CT molecular complexity index is 782. The molecule has 0 aliphatic heterocycles. The molecule has 7 heteroatoms. The fourth-order valence-corrected chi connectivity index (χ4v) is 2.59. The van der Waals surface area contributed by atoms with Crippen molar-refractivity contribution in [3.8, 4) is 17.2 Å². The number of rotatable bonds is 9. The van der Waals surface area contributed by atoms with Crippen molar-refractivity contribution in [3.05, 3.63) is 53.6 Å². The molecule has 2 N–H and O–H groups in total. The van der Waals surface area contributed by atoms with Crippen LogP contribution in [0, 0.1) is 5.92 Å². The molecule has 0 spiro atoms. The number of nitrogens with zero attached hydrogens (tertiary/aromatic N) is 1. The highest BCUT2D eigenvalue weighted by Gasteiger charge is 2.06. The van der Waals surface area contributed by atoms with Crippen LogP contribution in [0.2, 0.25) is 0 Å². The summed E-state index contributed by atoms with van der Waals surface area (Å²) < 4.78 is 16.4. The number of halogens is 1. The molecule has 6 nitrogen and oxygen atoms in total. The highest BCUT2D eigenvalue weighted by molar-refractivity contribution is 14.0. The van der Waals surface area contributed by atoms with E-state index in [2.05, 4.69) is 41.6 Å². The molecule has 2 aromatic carbocycles. The monoisotopic (exact) mass is 513 g/mol. The average Bonchev–Trinajstić information content (AvgIpc) is 2.72. The molecule has 0 atom stereocenters. The fraction of sp³-hybridized carbons (Fsp3) is 0.409. The van der Waals surface area contributed by atoms with Crippen molar-refractivity contribution in [3.63, 3.8) is 0 Å². The van der Waals surface area contributed by atoms with Gasteiger partial charge in [-0.15, -0.1) is 24.0 Å². The summed E-state index contributed by atoms with van der Waals surface area (Å²) >= 11 is 0. The van der Waals surface area contributed by atoms with Crippen molar-refractivity contribution in [2.24, 2.45) is 10.9 Å². The van der Waals surface area contributed by atoms with E-state index >= 15 is 0 Å². The van der Waals surface area contributed by atoms with E-state index in [0.29, 0.717) is 37.1 Å². The number of hydrogen-bond acceptors (Lipinski definition) is 4. The normalized spacial score (nSPS) is 10.9. The summed E-state index contributed by atoms with van der Waals surface area (Å²) in [6.45, 7) is 6.27. The fourth-order valence-electron chi connectivity index (χ4n) is 2.59. The molecule has 0 amide bonds. The first kappa shape index (κ1) is 24.9. The van der Waals surface area contributed by atoms with Gasteiger partial charge in [-0.05, 0) is 41.3 Å². The van der Waals surface area contributed by atoms with E-state index in [-0.39, 0.29) is 24.0 Å². The summed E-state index contributed by atoms with van der Waals surface area (Å²) in [5.41, 5.74) is 2.21. The van der Waals surface area contributed by atoms with Gasteiger partial charge < -0.3 is 24.8 Å². The SMILES string of the molecule is CN=C(NCc1cccc(OCC(C)C)c1)NCc1ccc(OC)c(OC)c1.I. The van der Waals surface area contributed by atoms with Crippen molar-refractivity contribution >= 4 is 29.9 Å². The minimum Gasteiger partial charge on any atom is -0.493 e. The van der Waals surface area contributed by atoms with Crippen LogP contribution in [0.25, 0.3) is 0 Å². The van der Waals surface area contributed by atoms with E-state index < -0.39 is 0 Å². The first-order valence-corrected chi connectivity index (χ1v) is 9.42.